The third kappa shape index (κ3) is 11.8. The maximum atomic E-state index is 12.7. The zero-order valence-electron chi connectivity index (χ0n) is 22.4. The highest BCUT2D eigenvalue weighted by Crippen LogP contribution is 2.38. The number of carbonyl (C=O) groups is 2. The number of aliphatic hydroxyl groups is 1. The molecule has 0 amide bonds. The fourth-order valence-corrected chi connectivity index (χ4v) is 5.19. The van der Waals surface area contributed by atoms with Gasteiger partial charge in [0.25, 0.3) is 0 Å². The summed E-state index contributed by atoms with van der Waals surface area (Å²) in [6, 6.07) is 0. The van der Waals surface area contributed by atoms with Gasteiger partial charge < -0.3 is 9.84 Å². The smallest absolute Gasteiger partial charge is 0.139 e. The Labute approximate surface area is 203 Å². The first-order chi connectivity index (χ1) is 15.7. The first kappa shape index (κ1) is 30.0. The van der Waals surface area contributed by atoms with Crippen molar-refractivity contribution in [1.29, 1.82) is 0 Å². The molecule has 1 aliphatic rings. The van der Waals surface area contributed by atoms with Crippen LogP contribution >= 0.6 is 0 Å². The van der Waals surface area contributed by atoms with Gasteiger partial charge in [0.1, 0.15) is 11.6 Å². The average Bonchev–Trinajstić information content (AvgIpc) is 2.76. The van der Waals surface area contributed by atoms with Crippen LogP contribution in [-0.2, 0) is 14.3 Å². The van der Waals surface area contributed by atoms with E-state index < -0.39 is 6.10 Å². The van der Waals surface area contributed by atoms with E-state index in [4.69, 9.17) is 4.74 Å². The van der Waals surface area contributed by atoms with Crippen LogP contribution in [-0.4, -0.2) is 36.5 Å². The van der Waals surface area contributed by atoms with Gasteiger partial charge in [0.2, 0.25) is 0 Å². The molecule has 192 valence electrons. The number of allylic oxidation sites excluding steroid dienone is 1. The van der Waals surface area contributed by atoms with Crippen LogP contribution in [0.2, 0.25) is 0 Å². The highest BCUT2D eigenvalue weighted by atomic mass is 16.5. The molecule has 0 spiro atoms. The van der Waals surface area contributed by atoms with E-state index in [9.17, 15) is 14.7 Å². The van der Waals surface area contributed by atoms with Crippen molar-refractivity contribution in [3.05, 3.63) is 11.6 Å². The molecule has 1 rings (SSSR count). The molecule has 0 aromatic heterocycles. The Balaban J connectivity index is 2.68. The van der Waals surface area contributed by atoms with Gasteiger partial charge in [-0.1, -0.05) is 72.0 Å². The van der Waals surface area contributed by atoms with Crippen molar-refractivity contribution in [1.82, 2.24) is 0 Å². The summed E-state index contributed by atoms with van der Waals surface area (Å²) < 4.78 is 5.09. The first-order valence-corrected chi connectivity index (χ1v) is 13.6. The van der Waals surface area contributed by atoms with Crippen molar-refractivity contribution in [2.24, 2.45) is 29.6 Å². The van der Waals surface area contributed by atoms with Gasteiger partial charge in [-0.25, -0.2) is 0 Å². The molecule has 0 fully saturated rings. The van der Waals surface area contributed by atoms with Gasteiger partial charge in [-0.3, -0.25) is 9.59 Å². The molecule has 0 aromatic rings. The van der Waals surface area contributed by atoms with Gasteiger partial charge in [0.15, 0.2) is 0 Å². The molecule has 5 atom stereocenters. The van der Waals surface area contributed by atoms with Crippen molar-refractivity contribution in [2.45, 2.75) is 118 Å². The second-order valence-electron chi connectivity index (χ2n) is 11.0. The molecule has 3 unspecified atom stereocenters. The lowest BCUT2D eigenvalue weighted by Crippen LogP contribution is -2.31. The number of ketones is 2. The van der Waals surface area contributed by atoms with Crippen LogP contribution in [0.1, 0.15) is 112 Å². The Morgan fingerprint density at radius 3 is 2.42 bits per heavy atom. The van der Waals surface area contributed by atoms with Gasteiger partial charge in [-0.2, -0.15) is 0 Å². The van der Waals surface area contributed by atoms with Gasteiger partial charge in [-0.05, 0) is 49.9 Å². The van der Waals surface area contributed by atoms with Crippen LogP contribution in [0.5, 0.6) is 0 Å². The molecule has 4 nitrogen and oxygen atoms in total. The molecule has 0 saturated carbocycles. The van der Waals surface area contributed by atoms with Crippen LogP contribution < -0.4 is 0 Å². The number of Topliss-reactive ketones (excluding diaryl/α,β-unsaturated/α-hetero) is 2. The van der Waals surface area contributed by atoms with E-state index in [0.717, 1.165) is 44.4 Å². The van der Waals surface area contributed by atoms with Gasteiger partial charge in [0.05, 0.1) is 6.10 Å². The SMILES string of the molecule is CCC[C@H](C1=CC(C(=O)CCCOC)CCC1C)C(O)CC(=O)CC[C@H](C)CCCC(C)C. The zero-order valence-corrected chi connectivity index (χ0v) is 22.4. The number of rotatable bonds is 18. The van der Waals surface area contributed by atoms with Crippen molar-refractivity contribution in [3.8, 4) is 0 Å². The quantitative estimate of drug-likeness (QED) is 0.176. The zero-order chi connectivity index (χ0) is 24.8. The second kappa shape index (κ2) is 16.6. The van der Waals surface area contributed by atoms with Crippen molar-refractivity contribution < 1.29 is 19.4 Å². The van der Waals surface area contributed by atoms with E-state index in [1.54, 1.807) is 7.11 Å². The minimum Gasteiger partial charge on any atom is -0.392 e. The van der Waals surface area contributed by atoms with Crippen molar-refractivity contribution in [2.75, 3.05) is 13.7 Å². The van der Waals surface area contributed by atoms with Crippen LogP contribution in [0.25, 0.3) is 0 Å². The normalized spacial score (nSPS) is 21.5. The lowest BCUT2D eigenvalue weighted by atomic mass is 9.72. The Hall–Kier alpha value is -1.00. The Bertz CT molecular complexity index is 594. The van der Waals surface area contributed by atoms with Crippen molar-refractivity contribution in [3.63, 3.8) is 0 Å². The number of carbonyl (C=O) groups excluding carboxylic acids is 2. The molecule has 0 aliphatic heterocycles. The minimum atomic E-state index is -0.648. The molecule has 0 heterocycles. The Kier molecular flexibility index (Phi) is 15.1. The van der Waals surface area contributed by atoms with E-state index in [2.05, 4.69) is 40.7 Å². The average molecular weight is 465 g/mol. The summed E-state index contributed by atoms with van der Waals surface area (Å²) in [5.74, 6) is 2.03. The molecule has 4 heteroatoms. The predicted molar refractivity (Wildman–Crippen MR) is 137 cm³/mol. The summed E-state index contributed by atoms with van der Waals surface area (Å²) in [7, 11) is 1.66. The standard InChI is InChI=1S/C29H52O4/c1-7-10-26(27-19-24(16-15-23(27)5)28(31)13-9-18-33-6)29(32)20-25(30)17-14-22(4)12-8-11-21(2)3/h19,21-24,26,29,32H,7-18,20H2,1-6H3/t22-,23?,24?,26-,29?/m1/s1. The summed E-state index contributed by atoms with van der Waals surface area (Å²) in [5, 5.41) is 11.1. The molecule has 0 bridgehead atoms. The lowest BCUT2D eigenvalue weighted by molar-refractivity contribution is -0.123. The van der Waals surface area contributed by atoms with E-state index in [1.807, 2.05) is 0 Å². The molecule has 1 aliphatic carbocycles. The van der Waals surface area contributed by atoms with Crippen LogP contribution in [0, 0.1) is 29.6 Å². The number of aliphatic hydroxyl groups excluding tert-OH is 1. The Morgan fingerprint density at radius 2 is 1.79 bits per heavy atom. The van der Waals surface area contributed by atoms with Crippen LogP contribution in [0.4, 0.5) is 0 Å². The summed E-state index contributed by atoms with van der Waals surface area (Å²) in [5.41, 5.74) is 1.20. The number of hydrogen-bond donors (Lipinski definition) is 1. The van der Waals surface area contributed by atoms with E-state index in [0.29, 0.717) is 31.3 Å². The highest BCUT2D eigenvalue weighted by Gasteiger charge is 2.32. The lowest BCUT2D eigenvalue weighted by Gasteiger charge is -2.34. The number of hydrogen-bond acceptors (Lipinski definition) is 4. The summed E-state index contributed by atoms with van der Waals surface area (Å²) in [4.78, 5) is 25.4. The van der Waals surface area contributed by atoms with Gasteiger partial charge in [0, 0.05) is 44.8 Å². The Morgan fingerprint density at radius 1 is 1.06 bits per heavy atom. The highest BCUT2D eigenvalue weighted by molar-refractivity contribution is 5.83. The third-order valence-electron chi connectivity index (χ3n) is 7.38. The largest absolute Gasteiger partial charge is 0.392 e. The topological polar surface area (TPSA) is 63.6 Å². The monoisotopic (exact) mass is 464 g/mol. The molecule has 0 aromatic carbocycles. The van der Waals surface area contributed by atoms with E-state index >= 15 is 0 Å². The maximum Gasteiger partial charge on any atom is 0.139 e. The van der Waals surface area contributed by atoms with Gasteiger partial charge in [-0.15, -0.1) is 0 Å². The third-order valence-corrected chi connectivity index (χ3v) is 7.38. The summed E-state index contributed by atoms with van der Waals surface area (Å²) in [6.07, 6.45) is 11.9. The van der Waals surface area contributed by atoms with Crippen LogP contribution in [0.3, 0.4) is 0 Å². The fraction of sp³-hybridized carbons (Fsp3) is 0.862. The first-order valence-electron chi connectivity index (χ1n) is 13.6. The number of methoxy groups -OCH3 is 1. The molecular formula is C29H52O4. The summed E-state index contributed by atoms with van der Waals surface area (Å²) in [6.45, 7) is 11.7. The van der Waals surface area contributed by atoms with E-state index in [1.165, 1.54) is 24.8 Å². The molecule has 0 saturated heterocycles. The molecule has 0 radical (unpaired) electrons. The fourth-order valence-electron chi connectivity index (χ4n) is 5.19. The number of ether oxygens (including phenoxy) is 1. The van der Waals surface area contributed by atoms with Crippen molar-refractivity contribution >= 4 is 11.6 Å². The summed E-state index contributed by atoms with van der Waals surface area (Å²) >= 11 is 0. The predicted octanol–water partition coefficient (Wildman–Crippen LogP) is 6.93. The minimum absolute atomic E-state index is 0.0213. The molecule has 1 N–H and O–H groups in total. The van der Waals surface area contributed by atoms with Crippen LogP contribution in [0.15, 0.2) is 11.6 Å². The second-order valence-corrected chi connectivity index (χ2v) is 11.0. The molecule has 33 heavy (non-hydrogen) atoms. The molecular weight excluding hydrogens is 412 g/mol. The van der Waals surface area contributed by atoms with E-state index in [-0.39, 0.29) is 29.8 Å². The maximum absolute atomic E-state index is 12.7. The van der Waals surface area contributed by atoms with Gasteiger partial charge >= 0.3 is 0 Å².